The van der Waals surface area contributed by atoms with Crippen molar-refractivity contribution in [3.05, 3.63) is 0 Å². The summed E-state index contributed by atoms with van der Waals surface area (Å²) in [6.45, 7) is 8.25. The summed E-state index contributed by atoms with van der Waals surface area (Å²) < 4.78 is 0. The van der Waals surface area contributed by atoms with Gasteiger partial charge in [0.25, 0.3) is 0 Å². The molecular formula is C13H28. The molecule has 0 nitrogen and oxygen atoms in total. The van der Waals surface area contributed by atoms with Gasteiger partial charge in [0.15, 0.2) is 0 Å². The smallest absolute Gasteiger partial charge is 0.0297 e. The second kappa shape index (κ2) is 7.41. The van der Waals surface area contributed by atoms with E-state index < -0.39 is 0 Å². The second-order valence-corrected chi connectivity index (χ2v) is 4.27. The van der Waals surface area contributed by atoms with Crippen molar-refractivity contribution in [1.82, 2.24) is 0 Å². The fourth-order valence-corrected chi connectivity index (χ4v) is 1.98. The Morgan fingerprint density at radius 2 is 1.15 bits per heavy atom. The van der Waals surface area contributed by atoms with Crippen LogP contribution in [0.15, 0.2) is 0 Å². The van der Waals surface area contributed by atoms with Crippen LogP contribution in [0.1, 0.15) is 79.1 Å². The molecule has 13 heavy (non-hydrogen) atoms. The van der Waals surface area contributed by atoms with Crippen molar-refractivity contribution in [2.24, 2.45) is 5.41 Å². The first-order valence-corrected chi connectivity index (χ1v) is 6.33. The Kier molecular flexibility index (Phi) is 7.41. The van der Waals surface area contributed by atoms with Gasteiger partial charge in [-0.15, -0.1) is 0 Å². The summed E-state index contributed by atoms with van der Waals surface area (Å²) in [5.41, 5.74) is 0.929. The minimum Gasteiger partial charge on any atom is -0.0683 e. The Labute approximate surface area is 85.1 Å². The predicted molar refractivity (Wildman–Crippen MR) is 62.1 cm³/mol. The Morgan fingerprint density at radius 3 is 1.38 bits per heavy atom. The molecule has 1 spiro atoms. The number of hydrogen-bond acceptors (Lipinski definition) is 0. The zero-order chi connectivity index (χ0) is 10.2. The highest BCUT2D eigenvalue weighted by molar-refractivity contribution is 4.94. The molecule has 0 aliphatic heterocycles. The number of hydrogen-bond donors (Lipinski definition) is 0. The van der Waals surface area contributed by atoms with E-state index in [0.717, 1.165) is 5.41 Å². The molecule has 0 unspecified atom stereocenters. The molecule has 0 N–H and O–H groups in total. The van der Waals surface area contributed by atoms with E-state index in [0.29, 0.717) is 0 Å². The monoisotopic (exact) mass is 184 g/mol. The predicted octanol–water partition coefficient (Wildman–Crippen LogP) is 5.17. The van der Waals surface area contributed by atoms with Crippen molar-refractivity contribution in [3.63, 3.8) is 0 Å². The van der Waals surface area contributed by atoms with Gasteiger partial charge in [0.05, 0.1) is 0 Å². The van der Waals surface area contributed by atoms with E-state index in [1.54, 1.807) is 25.7 Å². The first-order chi connectivity index (χ1) is 6.33. The van der Waals surface area contributed by atoms with Crippen LogP contribution < -0.4 is 0 Å². The average molecular weight is 184 g/mol. The molecule has 0 radical (unpaired) electrons. The lowest BCUT2D eigenvalue weighted by atomic mass is 9.87. The van der Waals surface area contributed by atoms with Crippen molar-refractivity contribution in [2.75, 3.05) is 0 Å². The highest BCUT2D eigenvalue weighted by Crippen LogP contribution is 2.55. The summed E-state index contributed by atoms with van der Waals surface area (Å²) in [6, 6.07) is 0. The Balaban J connectivity index is 0.000000251. The summed E-state index contributed by atoms with van der Waals surface area (Å²) in [7, 11) is 0. The van der Waals surface area contributed by atoms with Crippen LogP contribution in [0.2, 0.25) is 0 Å². The minimum atomic E-state index is 0.929. The highest BCUT2D eigenvalue weighted by Gasteiger charge is 2.42. The Hall–Kier alpha value is 0. The summed E-state index contributed by atoms with van der Waals surface area (Å²) >= 11 is 0. The molecule has 2 saturated carbocycles. The third-order valence-electron chi connectivity index (χ3n) is 2.87. The lowest BCUT2D eigenvalue weighted by Gasteiger charge is -2.19. The average Bonchev–Trinajstić information content (AvgIpc) is 2.91. The van der Waals surface area contributed by atoms with Crippen LogP contribution in [0.5, 0.6) is 0 Å². The van der Waals surface area contributed by atoms with E-state index in [1.807, 2.05) is 13.8 Å². The van der Waals surface area contributed by atoms with Crippen LogP contribution in [-0.4, -0.2) is 0 Å². The van der Waals surface area contributed by atoms with Gasteiger partial charge in [0.2, 0.25) is 0 Å². The van der Waals surface area contributed by atoms with E-state index in [2.05, 4.69) is 13.8 Å². The van der Waals surface area contributed by atoms with Crippen molar-refractivity contribution in [3.8, 4) is 0 Å². The molecule has 0 saturated heterocycles. The fourth-order valence-electron chi connectivity index (χ4n) is 1.98. The topological polar surface area (TPSA) is 0 Å². The fraction of sp³-hybridized carbons (Fsp3) is 1.00. The number of rotatable bonds is 0. The van der Waals surface area contributed by atoms with Gasteiger partial charge < -0.3 is 0 Å². The third-order valence-corrected chi connectivity index (χ3v) is 2.87. The molecule has 0 aromatic rings. The van der Waals surface area contributed by atoms with Crippen molar-refractivity contribution in [2.45, 2.75) is 79.1 Å². The van der Waals surface area contributed by atoms with Crippen LogP contribution in [0.3, 0.4) is 0 Å². The first-order valence-electron chi connectivity index (χ1n) is 6.33. The van der Waals surface area contributed by atoms with Crippen LogP contribution in [-0.2, 0) is 0 Å². The third kappa shape index (κ3) is 5.33. The van der Waals surface area contributed by atoms with E-state index in [-0.39, 0.29) is 0 Å². The molecule has 0 heterocycles. The van der Waals surface area contributed by atoms with E-state index in [4.69, 9.17) is 0 Å². The summed E-state index contributed by atoms with van der Waals surface area (Å²) in [4.78, 5) is 0. The maximum atomic E-state index is 2.12. The Morgan fingerprint density at radius 1 is 0.769 bits per heavy atom. The van der Waals surface area contributed by atoms with Gasteiger partial charge >= 0.3 is 0 Å². The van der Waals surface area contributed by atoms with Crippen LogP contribution in [0, 0.1) is 5.41 Å². The lowest BCUT2D eigenvalue weighted by molar-refractivity contribution is 0.337. The van der Waals surface area contributed by atoms with Crippen molar-refractivity contribution < 1.29 is 0 Å². The molecule has 80 valence electrons. The van der Waals surface area contributed by atoms with E-state index in [1.165, 1.54) is 25.7 Å². The molecule has 2 rings (SSSR count). The summed E-state index contributed by atoms with van der Waals surface area (Å²) in [5.74, 6) is 0. The van der Waals surface area contributed by atoms with Crippen molar-refractivity contribution >= 4 is 0 Å². The molecule has 0 bridgehead atoms. The molecule has 0 atom stereocenters. The van der Waals surface area contributed by atoms with E-state index >= 15 is 0 Å². The van der Waals surface area contributed by atoms with Gasteiger partial charge in [-0.2, -0.15) is 0 Å². The van der Waals surface area contributed by atoms with Gasteiger partial charge in [-0.25, -0.2) is 0 Å². The van der Waals surface area contributed by atoms with Gasteiger partial charge in [-0.05, 0) is 31.1 Å². The van der Waals surface area contributed by atoms with Crippen LogP contribution in [0.25, 0.3) is 0 Å². The van der Waals surface area contributed by atoms with Gasteiger partial charge in [-0.1, -0.05) is 53.4 Å². The maximum Gasteiger partial charge on any atom is -0.0297 e. The van der Waals surface area contributed by atoms with Gasteiger partial charge in [-0.3, -0.25) is 0 Å². The molecule has 0 amide bonds. The SMILES string of the molecule is C1CCC2(CC1)CC2.CC.CCC. The molecule has 2 aliphatic carbocycles. The molecular weight excluding hydrogens is 156 g/mol. The quantitative estimate of drug-likeness (QED) is 0.487. The second-order valence-electron chi connectivity index (χ2n) is 4.27. The van der Waals surface area contributed by atoms with Crippen LogP contribution >= 0.6 is 0 Å². The standard InChI is InChI=1S/C8H14.C3H8.C2H6/c1-2-4-8(5-3-1)6-7-8;1-3-2;1-2/h1-7H2;3H2,1-2H3;1-2H3. The van der Waals surface area contributed by atoms with Crippen LogP contribution in [0.4, 0.5) is 0 Å². The molecule has 0 aromatic heterocycles. The van der Waals surface area contributed by atoms with E-state index in [9.17, 15) is 0 Å². The zero-order valence-corrected chi connectivity index (χ0v) is 10.2. The summed E-state index contributed by atoms with van der Waals surface area (Å²) in [5, 5.41) is 0. The largest absolute Gasteiger partial charge is 0.0683 e. The van der Waals surface area contributed by atoms with Gasteiger partial charge in [0, 0.05) is 0 Å². The molecule has 0 heteroatoms. The molecule has 0 aromatic carbocycles. The minimum absolute atomic E-state index is 0.929. The maximum absolute atomic E-state index is 2.12. The normalized spacial score (nSPS) is 22.2. The molecule has 2 aliphatic rings. The highest BCUT2D eigenvalue weighted by atomic mass is 14.5. The van der Waals surface area contributed by atoms with Crippen molar-refractivity contribution in [1.29, 1.82) is 0 Å². The lowest BCUT2D eigenvalue weighted by Crippen LogP contribution is -2.05. The Bertz CT molecular complexity index is 92.6. The molecule has 2 fully saturated rings. The van der Waals surface area contributed by atoms with Gasteiger partial charge in [0.1, 0.15) is 0 Å². The zero-order valence-electron chi connectivity index (χ0n) is 10.2. The first kappa shape index (κ1) is 13.0. The summed E-state index contributed by atoms with van der Waals surface area (Å²) in [6.07, 6.45) is 12.1.